The Morgan fingerprint density at radius 2 is 1.82 bits per heavy atom. The Morgan fingerprint density at radius 3 is 2.59 bits per heavy atom. The number of primary amides is 1. The van der Waals surface area contributed by atoms with E-state index in [0.717, 1.165) is 29.7 Å². The second-order valence-electron chi connectivity index (χ2n) is 5.83. The highest BCUT2D eigenvalue weighted by Gasteiger charge is 2.43. The van der Waals surface area contributed by atoms with E-state index in [2.05, 4.69) is 23.3 Å². The summed E-state index contributed by atoms with van der Waals surface area (Å²) in [6.45, 7) is 0. The summed E-state index contributed by atoms with van der Waals surface area (Å²) in [5.41, 5.74) is 10.1. The van der Waals surface area contributed by atoms with Gasteiger partial charge in [0.15, 0.2) is 0 Å². The number of nitrogens with two attached hydrogens (primary N) is 1. The van der Waals surface area contributed by atoms with E-state index in [-0.39, 0.29) is 12.0 Å². The van der Waals surface area contributed by atoms with E-state index < -0.39 is 6.03 Å². The highest BCUT2D eigenvalue weighted by atomic mass is 16.2. The van der Waals surface area contributed by atoms with Crippen molar-refractivity contribution in [3.8, 4) is 0 Å². The molecule has 2 aromatic rings. The molecule has 4 nitrogen and oxygen atoms in total. The van der Waals surface area contributed by atoms with Crippen LogP contribution in [0.2, 0.25) is 0 Å². The molecule has 1 aliphatic carbocycles. The van der Waals surface area contributed by atoms with Crippen LogP contribution in [0.1, 0.15) is 29.2 Å². The predicted octanol–water partition coefficient (Wildman–Crippen LogP) is 3.09. The first-order chi connectivity index (χ1) is 10.8. The predicted molar refractivity (Wildman–Crippen MR) is 85.4 cm³/mol. The monoisotopic (exact) mass is 291 g/mol. The molecular weight excluding hydrogens is 274 g/mol. The van der Waals surface area contributed by atoms with Crippen molar-refractivity contribution in [3.05, 3.63) is 71.3 Å². The summed E-state index contributed by atoms with van der Waals surface area (Å²) in [4.78, 5) is 11.9. The van der Waals surface area contributed by atoms with Crippen LogP contribution in [-0.2, 0) is 6.42 Å². The molecule has 2 N–H and O–H groups in total. The molecule has 4 heteroatoms. The van der Waals surface area contributed by atoms with E-state index in [1.807, 2.05) is 36.4 Å². The van der Waals surface area contributed by atoms with Crippen LogP contribution < -0.4 is 5.73 Å². The number of urea groups is 1. The molecule has 0 unspecified atom stereocenters. The van der Waals surface area contributed by atoms with E-state index in [9.17, 15) is 4.79 Å². The minimum Gasteiger partial charge on any atom is -0.350 e. The number of carbonyl (C=O) groups excluding carboxylic acids is 1. The number of benzene rings is 2. The van der Waals surface area contributed by atoms with Crippen LogP contribution in [-0.4, -0.2) is 16.8 Å². The maximum Gasteiger partial charge on any atom is 0.335 e. The zero-order valence-corrected chi connectivity index (χ0v) is 12.1. The lowest BCUT2D eigenvalue weighted by atomic mass is 9.77. The van der Waals surface area contributed by atoms with Gasteiger partial charge in [0.1, 0.15) is 0 Å². The number of hydrazone groups is 1. The van der Waals surface area contributed by atoms with Crippen LogP contribution in [0.4, 0.5) is 4.79 Å². The molecule has 0 saturated heterocycles. The van der Waals surface area contributed by atoms with Gasteiger partial charge in [0.05, 0.1) is 11.8 Å². The van der Waals surface area contributed by atoms with Crippen molar-refractivity contribution < 1.29 is 4.79 Å². The van der Waals surface area contributed by atoms with Crippen molar-refractivity contribution in [1.82, 2.24) is 5.01 Å². The lowest BCUT2D eigenvalue weighted by molar-refractivity contribution is 0.184. The van der Waals surface area contributed by atoms with Gasteiger partial charge in [0.2, 0.25) is 0 Å². The Hall–Kier alpha value is -2.62. The molecule has 110 valence electrons. The second kappa shape index (κ2) is 4.98. The molecule has 22 heavy (non-hydrogen) atoms. The minimum absolute atomic E-state index is 0.0953. The van der Waals surface area contributed by atoms with Crippen molar-refractivity contribution in [2.45, 2.75) is 18.9 Å². The summed E-state index contributed by atoms with van der Waals surface area (Å²) in [5, 5.41) is 6.04. The van der Waals surface area contributed by atoms with Gasteiger partial charge in [0, 0.05) is 11.5 Å². The third-order valence-corrected chi connectivity index (χ3v) is 4.60. The highest BCUT2D eigenvalue weighted by Crippen LogP contribution is 2.42. The molecule has 0 radical (unpaired) electrons. The quantitative estimate of drug-likeness (QED) is 0.862. The molecule has 0 aromatic heterocycles. The van der Waals surface area contributed by atoms with Crippen molar-refractivity contribution in [1.29, 1.82) is 0 Å². The first-order valence-corrected chi connectivity index (χ1v) is 7.56. The third kappa shape index (κ3) is 1.91. The largest absolute Gasteiger partial charge is 0.350 e. The number of amides is 2. The minimum atomic E-state index is -0.492. The molecule has 0 spiro atoms. The van der Waals surface area contributed by atoms with Crippen molar-refractivity contribution >= 4 is 11.7 Å². The van der Waals surface area contributed by atoms with Crippen molar-refractivity contribution in [2.24, 2.45) is 16.8 Å². The van der Waals surface area contributed by atoms with Gasteiger partial charge >= 0.3 is 6.03 Å². The van der Waals surface area contributed by atoms with Gasteiger partial charge in [-0.25, -0.2) is 9.80 Å². The summed E-state index contributed by atoms with van der Waals surface area (Å²) in [6.07, 6.45) is 2.00. The fourth-order valence-corrected chi connectivity index (χ4v) is 3.63. The van der Waals surface area contributed by atoms with Gasteiger partial charge in [0.25, 0.3) is 0 Å². The third-order valence-electron chi connectivity index (χ3n) is 4.60. The molecule has 0 bridgehead atoms. The van der Waals surface area contributed by atoms with E-state index in [0.29, 0.717) is 0 Å². The van der Waals surface area contributed by atoms with Gasteiger partial charge in [-0.05, 0) is 24.0 Å². The maximum absolute atomic E-state index is 11.9. The molecule has 0 saturated carbocycles. The van der Waals surface area contributed by atoms with Gasteiger partial charge in [-0.2, -0.15) is 5.10 Å². The van der Waals surface area contributed by atoms with Crippen LogP contribution in [0.15, 0.2) is 59.7 Å². The Morgan fingerprint density at radius 1 is 1.09 bits per heavy atom. The summed E-state index contributed by atoms with van der Waals surface area (Å²) >= 11 is 0. The number of rotatable bonds is 1. The van der Waals surface area contributed by atoms with Gasteiger partial charge in [-0.3, -0.25) is 0 Å². The zero-order valence-electron chi connectivity index (χ0n) is 12.1. The number of fused-ring (bicyclic) bond motifs is 3. The molecule has 0 fully saturated rings. The van der Waals surface area contributed by atoms with Gasteiger partial charge in [-0.1, -0.05) is 54.6 Å². The number of hydrogen-bond donors (Lipinski definition) is 1. The number of nitrogens with zero attached hydrogens (tertiary/aromatic N) is 2. The SMILES string of the molecule is NC(=O)N1N=C2c3ccccc3CC[C@@H]2[C@@H]1c1ccccc1. The first kappa shape index (κ1) is 13.1. The Labute approximate surface area is 129 Å². The fraction of sp³-hybridized carbons (Fsp3) is 0.222. The summed E-state index contributed by atoms with van der Waals surface area (Å²) in [6, 6.07) is 17.8. The Kier molecular flexibility index (Phi) is 2.96. The number of carbonyl (C=O) groups is 1. The van der Waals surface area contributed by atoms with Crippen LogP contribution in [0.3, 0.4) is 0 Å². The van der Waals surface area contributed by atoms with E-state index in [1.165, 1.54) is 10.6 Å². The molecule has 2 aromatic carbocycles. The normalized spacial score (nSPS) is 22.7. The van der Waals surface area contributed by atoms with Gasteiger partial charge in [-0.15, -0.1) is 0 Å². The summed E-state index contributed by atoms with van der Waals surface area (Å²) in [7, 11) is 0. The lowest BCUT2D eigenvalue weighted by Gasteiger charge is -2.28. The maximum atomic E-state index is 11.9. The summed E-state index contributed by atoms with van der Waals surface area (Å²) in [5.74, 6) is 0.213. The number of hydrogen-bond acceptors (Lipinski definition) is 2. The van der Waals surface area contributed by atoms with Crippen LogP contribution in [0.5, 0.6) is 0 Å². The van der Waals surface area contributed by atoms with E-state index in [4.69, 9.17) is 5.73 Å². The molecular formula is C18H17N3O. The molecule has 4 rings (SSSR count). The average Bonchev–Trinajstić information content (AvgIpc) is 2.96. The Bertz CT molecular complexity index is 754. The first-order valence-electron chi connectivity index (χ1n) is 7.56. The Balaban J connectivity index is 1.82. The highest BCUT2D eigenvalue weighted by molar-refractivity contribution is 6.06. The van der Waals surface area contributed by atoms with Crippen LogP contribution in [0, 0.1) is 5.92 Å². The van der Waals surface area contributed by atoms with Gasteiger partial charge < -0.3 is 5.73 Å². The van der Waals surface area contributed by atoms with E-state index >= 15 is 0 Å². The molecule has 2 aliphatic rings. The van der Waals surface area contributed by atoms with E-state index in [1.54, 1.807) is 0 Å². The lowest BCUT2D eigenvalue weighted by Crippen LogP contribution is -2.35. The molecule has 1 heterocycles. The summed E-state index contributed by atoms with van der Waals surface area (Å²) < 4.78 is 0. The van der Waals surface area contributed by atoms with Crippen LogP contribution >= 0.6 is 0 Å². The fourth-order valence-electron chi connectivity index (χ4n) is 3.63. The topological polar surface area (TPSA) is 58.7 Å². The number of aryl methyl sites for hydroxylation is 1. The average molecular weight is 291 g/mol. The standard InChI is InChI=1S/C18H17N3O/c19-18(22)21-17(13-7-2-1-3-8-13)15-11-10-12-6-4-5-9-14(12)16(15)20-21/h1-9,15,17H,10-11H2,(H2,19,22)/t15-,17-/m0/s1. The van der Waals surface area contributed by atoms with Crippen molar-refractivity contribution in [3.63, 3.8) is 0 Å². The van der Waals surface area contributed by atoms with Crippen molar-refractivity contribution in [2.75, 3.05) is 0 Å². The smallest absolute Gasteiger partial charge is 0.335 e. The second-order valence-corrected chi connectivity index (χ2v) is 5.83. The molecule has 2 atom stereocenters. The molecule has 2 amide bonds. The zero-order chi connectivity index (χ0) is 15.1. The molecule has 1 aliphatic heterocycles. The van der Waals surface area contributed by atoms with Crippen LogP contribution in [0.25, 0.3) is 0 Å².